The lowest BCUT2D eigenvalue weighted by atomic mass is 10.2. The van der Waals surface area contributed by atoms with Gasteiger partial charge in [0.05, 0.1) is 25.9 Å². The summed E-state index contributed by atoms with van der Waals surface area (Å²) in [7, 11) is 3.33. The Bertz CT molecular complexity index is 565. The summed E-state index contributed by atoms with van der Waals surface area (Å²) < 4.78 is 10.6. The van der Waals surface area contributed by atoms with Gasteiger partial charge in [0.2, 0.25) is 0 Å². The fourth-order valence-electron chi connectivity index (χ4n) is 2.04. The molecule has 1 aromatic carbocycles. The van der Waals surface area contributed by atoms with Crippen molar-refractivity contribution in [3.63, 3.8) is 0 Å². The Hall–Kier alpha value is -1.68. The molecule has 2 aromatic rings. The monoisotopic (exact) mass is 291 g/mol. The van der Waals surface area contributed by atoms with Crippen molar-refractivity contribution in [3.05, 3.63) is 40.1 Å². The van der Waals surface area contributed by atoms with E-state index in [1.807, 2.05) is 29.5 Å². The molecule has 1 heterocycles. The molecular weight excluding hydrogens is 270 g/mol. The maximum atomic E-state index is 5.41. The van der Waals surface area contributed by atoms with Gasteiger partial charge in [-0.05, 0) is 37.6 Å². The average Bonchev–Trinajstić information content (AvgIpc) is 2.96. The van der Waals surface area contributed by atoms with Crippen molar-refractivity contribution in [1.82, 2.24) is 0 Å². The molecule has 1 atom stereocenters. The number of ether oxygens (including phenoxy) is 2. The van der Waals surface area contributed by atoms with Crippen LogP contribution in [-0.2, 0) is 6.42 Å². The maximum Gasteiger partial charge on any atom is 0.145 e. The molecule has 0 saturated carbocycles. The standard InChI is InChI=1S/C16H21NO2S/c1-5-13-7-9-16(20-13)11(2)17-14-8-6-12(18-3)10-15(14)19-4/h6-11,17H,5H2,1-4H3. The van der Waals surface area contributed by atoms with E-state index in [9.17, 15) is 0 Å². The molecule has 0 saturated heterocycles. The third-order valence-electron chi connectivity index (χ3n) is 3.24. The van der Waals surface area contributed by atoms with Crippen LogP contribution in [0.4, 0.5) is 5.69 Å². The minimum Gasteiger partial charge on any atom is -0.497 e. The van der Waals surface area contributed by atoms with Gasteiger partial charge in [0, 0.05) is 15.8 Å². The Kier molecular flexibility index (Phi) is 4.90. The predicted octanol–water partition coefficient (Wildman–Crippen LogP) is 4.50. The van der Waals surface area contributed by atoms with Crippen molar-refractivity contribution in [2.75, 3.05) is 19.5 Å². The quantitative estimate of drug-likeness (QED) is 0.850. The number of anilines is 1. The fourth-order valence-corrected chi connectivity index (χ4v) is 2.99. The van der Waals surface area contributed by atoms with E-state index in [0.29, 0.717) is 0 Å². The number of hydrogen-bond acceptors (Lipinski definition) is 4. The van der Waals surface area contributed by atoms with E-state index < -0.39 is 0 Å². The van der Waals surface area contributed by atoms with Crippen molar-refractivity contribution in [1.29, 1.82) is 0 Å². The van der Waals surface area contributed by atoms with Gasteiger partial charge in [0.1, 0.15) is 11.5 Å². The second kappa shape index (κ2) is 6.66. The highest BCUT2D eigenvalue weighted by Crippen LogP contribution is 2.33. The van der Waals surface area contributed by atoms with Crippen LogP contribution in [-0.4, -0.2) is 14.2 Å². The first-order chi connectivity index (χ1) is 9.67. The van der Waals surface area contributed by atoms with E-state index in [2.05, 4.69) is 31.3 Å². The summed E-state index contributed by atoms with van der Waals surface area (Å²) in [6, 6.07) is 10.5. The zero-order valence-electron chi connectivity index (χ0n) is 12.4. The van der Waals surface area contributed by atoms with E-state index in [-0.39, 0.29) is 6.04 Å². The summed E-state index contributed by atoms with van der Waals surface area (Å²) in [5.41, 5.74) is 0.979. The molecule has 0 amide bonds. The Morgan fingerprint density at radius 2 is 1.95 bits per heavy atom. The third kappa shape index (κ3) is 3.25. The lowest BCUT2D eigenvalue weighted by Crippen LogP contribution is -2.06. The van der Waals surface area contributed by atoms with Crippen molar-refractivity contribution in [2.24, 2.45) is 0 Å². The molecule has 20 heavy (non-hydrogen) atoms. The molecule has 0 aliphatic heterocycles. The van der Waals surface area contributed by atoms with Crippen molar-refractivity contribution >= 4 is 17.0 Å². The Balaban J connectivity index is 2.16. The summed E-state index contributed by atoms with van der Waals surface area (Å²) in [6.45, 7) is 4.34. The van der Waals surface area contributed by atoms with Gasteiger partial charge in [-0.2, -0.15) is 0 Å². The second-order valence-corrected chi connectivity index (χ2v) is 5.79. The number of nitrogens with one attached hydrogen (secondary N) is 1. The van der Waals surface area contributed by atoms with E-state index in [0.717, 1.165) is 23.6 Å². The summed E-state index contributed by atoms with van der Waals surface area (Å²) in [5, 5.41) is 3.50. The molecular formula is C16H21NO2S. The number of rotatable bonds is 6. The molecule has 0 spiro atoms. The fraction of sp³-hybridized carbons (Fsp3) is 0.375. The second-order valence-electron chi connectivity index (χ2n) is 4.59. The van der Waals surface area contributed by atoms with Crippen LogP contribution in [0.2, 0.25) is 0 Å². The SMILES string of the molecule is CCc1ccc(C(C)Nc2ccc(OC)cc2OC)s1. The van der Waals surface area contributed by atoms with Crippen LogP contribution in [0, 0.1) is 0 Å². The van der Waals surface area contributed by atoms with E-state index in [4.69, 9.17) is 9.47 Å². The molecule has 108 valence electrons. The Morgan fingerprint density at radius 1 is 1.15 bits per heavy atom. The average molecular weight is 291 g/mol. The van der Waals surface area contributed by atoms with Gasteiger partial charge in [-0.25, -0.2) is 0 Å². The van der Waals surface area contributed by atoms with Crippen LogP contribution in [0.25, 0.3) is 0 Å². The highest BCUT2D eigenvalue weighted by molar-refractivity contribution is 7.12. The van der Waals surface area contributed by atoms with Crippen LogP contribution in [0.3, 0.4) is 0 Å². The van der Waals surface area contributed by atoms with E-state index in [1.165, 1.54) is 9.75 Å². The molecule has 0 radical (unpaired) electrons. The minimum absolute atomic E-state index is 0.252. The minimum atomic E-state index is 0.252. The van der Waals surface area contributed by atoms with Gasteiger partial charge in [-0.3, -0.25) is 0 Å². The van der Waals surface area contributed by atoms with Gasteiger partial charge in [0.25, 0.3) is 0 Å². The summed E-state index contributed by atoms with van der Waals surface area (Å²) in [4.78, 5) is 2.75. The molecule has 4 heteroatoms. The first kappa shape index (κ1) is 14.7. The summed E-state index contributed by atoms with van der Waals surface area (Å²) in [6.07, 6.45) is 1.09. The van der Waals surface area contributed by atoms with Crippen LogP contribution in [0.1, 0.15) is 29.6 Å². The van der Waals surface area contributed by atoms with Crippen LogP contribution in [0.5, 0.6) is 11.5 Å². The highest BCUT2D eigenvalue weighted by atomic mass is 32.1. The van der Waals surface area contributed by atoms with Gasteiger partial charge < -0.3 is 14.8 Å². The number of thiophene rings is 1. The Morgan fingerprint density at radius 3 is 2.55 bits per heavy atom. The summed E-state index contributed by atoms with van der Waals surface area (Å²) in [5.74, 6) is 1.59. The molecule has 0 aliphatic rings. The van der Waals surface area contributed by atoms with Crippen molar-refractivity contribution in [3.8, 4) is 11.5 Å². The van der Waals surface area contributed by atoms with E-state index in [1.54, 1.807) is 14.2 Å². The van der Waals surface area contributed by atoms with Crippen molar-refractivity contribution < 1.29 is 9.47 Å². The zero-order chi connectivity index (χ0) is 14.5. The number of aryl methyl sites for hydroxylation is 1. The molecule has 3 nitrogen and oxygen atoms in total. The molecule has 1 N–H and O–H groups in total. The van der Waals surface area contributed by atoms with E-state index >= 15 is 0 Å². The molecule has 1 unspecified atom stereocenters. The Labute approximate surface area is 124 Å². The predicted molar refractivity (Wildman–Crippen MR) is 85.3 cm³/mol. The topological polar surface area (TPSA) is 30.5 Å². The van der Waals surface area contributed by atoms with Crippen LogP contribution >= 0.6 is 11.3 Å². The molecule has 2 rings (SSSR count). The first-order valence-corrected chi connectivity index (χ1v) is 7.56. The molecule has 0 fully saturated rings. The largest absolute Gasteiger partial charge is 0.497 e. The number of hydrogen-bond donors (Lipinski definition) is 1. The van der Waals surface area contributed by atoms with Gasteiger partial charge in [-0.1, -0.05) is 6.92 Å². The van der Waals surface area contributed by atoms with Gasteiger partial charge in [-0.15, -0.1) is 11.3 Å². The molecule has 0 bridgehead atoms. The van der Waals surface area contributed by atoms with Crippen LogP contribution in [0.15, 0.2) is 30.3 Å². The molecule has 1 aromatic heterocycles. The number of benzene rings is 1. The third-order valence-corrected chi connectivity index (χ3v) is 4.65. The lowest BCUT2D eigenvalue weighted by Gasteiger charge is -2.17. The maximum absolute atomic E-state index is 5.41. The first-order valence-electron chi connectivity index (χ1n) is 6.75. The zero-order valence-corrected chi connectivity index (χ0v) is 13.2. The van der Waals surface area contributed by atoms with Gasteiger partial charge in [0.15, 0.2) is 0 Å². The summed E-state index contributed by atoms with van der Waals surface area (Å²) >= 11 is 1.85. The smallest absolute Gasteiger partial charge is 0.145 e. The van der Waals surface area contributed by atoms with Gasteiger partial charge >= 0.3 is 0 Å². The highest BCUT2D eigenvalue weighted by Gasteiger charge is 2.11. The van der Waals surface area contributed by atoms with Crippen LogP contribution < -0.4 is 14.8 Å². The van der Waals surface area contributed by atoms with Crippen molar-refractivity contribution in [2.45, 2.75) is 26.3 Å². The lowest BCUT2D eigenvalue weighted by molar-refractivity contribution is 0.395. The normalized spacial score (nSPS) is 12.0. The number of methoxy groups -OCH3 is 2. The molecule has 0 aliphatic carbocycles.